The first-order chi connectivity index (χ1) is 15.1. The van der Waals surface area contributed by atoms with Crippen LogP contribution >= 0.6 is 0 Å². The SMILES string of the molecule is COc1cc(OC)cc(OCCOC(C)Oc2ccc(C(C=C(C)C)C(C)(C)C)cc2)c1. The second kappa shape index (κ2) is 11.8. The number of benzene rings is 2. The number of methoxy groups -OCH3 is 2. The standard InChI is InChI=1S/C27H38O5/c1-19(2)15-26(27(4,5)6)21-9-11-22(12-10-21)32-20(3)30-13-14-31-25-17-23(28-7)16-24(18-25)29-8/h9-12,15-18,20,26H,13-14H2,1-8H3. The summed E-state index contributed by atoms with van der Waals surface area (Å²) in [5, 5.41) is 0. The predicted molar refractivity (Wildman–Crippen MR) is 129 cm³/mol. The van der Waals surface area contributed by atoms with Gasteiger partial charge >= 0.3 is 0 Å². The molecule has 2 aromatic carbocycles. The fraction of sp³-hybridized carbons (Fsp3) is 0.481. The molecule has 0 heterocycles. The Kier molecular flexibility index (Phi) is 9.45. The lowest BCUT2D eigenvalue weighted by molar-refractivity contribution is -0.0739. The average molecular weight is 443 g/mol. The fourth-order valence-electron chi connectivity index (χ4n) is 3.40. The van der Waals surface area contributed by atoms with Crippen molar-refractivity contribution in [3.05, 3.63) is 59.7 Å². The van der Waals surface area contributed by atoms with Crippen molar-refractivity contribution in [1.82, 2.24) is 0 Å². The van der Waals surface area contributed by atoms with Gasteiger partial charge in [-0.15, -0.1) is 0 Å². The molecule has 2 rings (SSSR count). The van der Waals surface area contributed by atoms with Crippen LogP contribution in [0.4, 0.5) is 0 Å². The van der Waals surface area contributed by atoms with E-state index < -0.39 is 0 Å². The molecule has 2 unspecified atom stereocenters. The van der Waals surface area contributed by atoms with Crippen LogP contribution in [0.25, 0.3) is 0 Å². The summed E-state index contributed by atoms with van der Waals surface area (Å²) >= 11 is 0. The summed E-state index contributed by atoms with van der Waals surface area (Å²) < 4.78 is 27.9. The quantitative estimate of drug-likeness (QED) is 0.222. The molecule has 176 valence electrons. The van der Waals surface area contributed by atoms with E-state index in [-0.39, 0.29) is 11.7 Å². The van der Waals surface area contributed by atoms with Crippen LogP contribution in [-0.2, 0) is 4.74 Å². The molecule has 0 bridgehead atoms. The van der Waals surface area contributed by atoms with Crippen molar-refractivity contribution in [3.63, 3.8) is 0 Å². The van der Waals surface area contributed by atoms with Crippen LogP contribution in [0.1, 0.15) is 53.0 Å². The van der Waals surface area contributed by atoms with E-state index in [2.05, 4.69) is 52.8 Å². The third kappa shape index (κ3) is 8.12. The topological polar surface area (TPSA) is 46.2 Å². The van der Waals surface area contributed by atoms with Crippen LogP contribution in [0.3, 0.4) is 0 Å². The van der Waals surface area contributed by atoms with Gasteiger partial charge < -0.3 is 23.7 Å². The van der Waals surface area contributed by atoms with Crippen LogP contribution < -0.4 is 18.9 Å². The molecule has 5 heteroatoms. The van der Waals surface area contributed by atoms with Crippen molar-refractivity contribution in [2.45, 2.75) is 53.8 Å². The third-order valence-electron chi connectivity index (χ3n) is 5.00. The van der Waals surface area contributed by atoms with Gasteiger partial charge in [0.15, 0.2) is 6.29 Å². The van der Waals surface area contributed by atoms with Gasteiger partial charge in [-0.25, -0.2) is 0 Å². The number of hydrogen-bond acceptors (Lipinski definition) is 5. The highest BCUT2D eigenvalue weighted by molar-refractivity contribution is 5.42. The van der Waals surface area contributed by atoms with Gasteiger partial charge in [-0.1, -0.05) is 44.6 Å². The van der Waals surface area contributed by atoms with Crippen LogP contribution in [0, 0.1) is 5.41 Å². The number of rotatable bonds is 11. The molecule has 2 aromatic rings. The smallest absolute Gasteiger partial charge is 0.197 e. The van der Waals surface area contributed by atoms with Crippen LogP contribution in [0.2, 0.25) is 0 Å². The van der Waals surface area contributed by atoms with Gasteiger partial charge in [0.25, 0.3) is 0 Å². The Labute approximate surface area is 193 Å². The highest BCUT2D eigenvalue weighted by atomic mass is 16.7. The van der Waals surface area contributed by atoms with Crippen molar-refractivity contribution >= 4 is 0 Å². The molecule has 2 atom stereocenters. The van der Waals surface area contributed by atoms with E-state index in [0.29, 0.717) is 36.4 Å². The lowest BCUT2D eigenvalue weighted by Gasteiger charge is -2.29. The fourth-order valence-corrected chi connectivity index (χ4v) is 3.40. The maximum atomic E-state index is 5.91. The van der Waals surface area contributed by atoms with Gasteiger partial charge in [0.1, 0.15) is 29.6 Å². The Balaban J connectivity index is 1.86. The molecular weight excluding hydrogens is 404 g/mol. The highest BCUT2D eigenvalue weighted by Crippen LogP contribution is 2.37. The van der Waals surface area contributed by atoms with Crippen molar-refractivity contribution in [1.29, 1.82) is 0 Å². The molecule has 0 N–H and O–H groups in total. The van der Waals surface area contributed by atoms with E-state index in [1.165, 1.54) is 11.1 Å². The van der Waals surface area contributed by atoms with E-state index in [1.54, 1.807) is 20.3 Å². The second-order valence-electron chi connectivity index (χ2n) is 9.11. The summed E-state index contributed by atoms with van der Waals surface area (Å²) in [6.45, 7) is 13.7. The van der Waals surface area contributed by atoms with Crippen LogP contribution in [0.5, 0.6) is 23.0 Å². The van der Waals surface area contributed by atoms with E-state index in [9.17, 15) is 0 Å². The van der Waals surface area contributed by atoms with Crippen molar-refractivity contribution < 1.29 is 23.7 Å². The van der Waals surface area contributed by atoms with Gasteiger partial charge in [-0.05, 0) is 43.9 Å². The van der Waals surface area contributed by atoms with Crippen LogP contribution in [0.15, 0.2) is 54.1 Å². The molecule has 5 nitrogen and oxygen atoms in total. The lowest BCUT2D eigenvalue weighted by atomic mass is 9.76. The van der Waals surface area contributed by atoms with Gasteiger partial charge in [0.05, 0.1) is 20.8 Å². The van der Waals surface area contributed by atoms with Crippen molar-refractivity contribution in [3.8, 4) is 23.0 Å². The zero-order valence-electron chi connectivity index (χ0n) is 20.7. The third-order valence-corrected chi connectivity index (χ3v) is 5.00. The molecule has 0 aliphatic carbocycles. The summed E-state index contributed by atoms with van der Waals surface area (Å²) in [6, 6.07) is 13.7. The summed E-state index contributed by atoms with van der Waals surface area (Å²) in [5.74, 6) is 3.16. The van der Waals surface area contributed by atoms with E-state index in [1.807, 2.05) is 31.2 Å². The van der Waals surface area contributed by atoms with Crippen molar-refractivity contribution in [2.24, 2.45) is 5.41 Å². The zero-order valence-corrected chi connectivity index (χ0v) is 20.7. The first kappa shape index (κ1) is 25.6. The van der Waals surface area contributed by atoms with Crippen LogP contribution in [-0.4, -0.2) is 33.7 Å². The molecule has 0 aliphatic rings. The first-order valence-corrected chi connectivity index (χ1v) is 11.0. The van der Waals surface area contributed by atoms with Gasteiger partial charge in [0.2, 0.25) is 0 Å². The normalized spacial score (nSPS) is 13.1. The van der Waals surface area contributed by atoms with Gasteiger partial charge in [-0.3, -0.25) is 0 Å². The minimum Gasteiger partial charge on any atom is -0.496 e. The summed E-state index contributed by atoms with van der Waals surface area (Å²) in [7, 11) is 3.22. The number of hydrogen-bond donors (Lipinski definition) is 0. The monoisotopic (exact) mass is 442 g/mol. The lowest BCUT2D eigenvalue weighted by Crippen LogP contribution is -2.20. The van der Waals surface area contributed by atoms with E-state index in [0.717, 1.165) is 5.75 Å². The maximum absolute atomic E-state index is 5.91. The van der Waals surface area contributed by atoms with Crippen molar-refractivity contribution in [2.75, 3.05) is 27.4 Å². The Morgan fingerprint density at radius 3 is 1.91 bits per heavy atom. The Hall–Kier alpha value is -2.66. The summed E-state index contributed by atoms with van der Waals surface area (Å²) in [4.78, 5) is 0. The molecule has 0 saturated carbocycles. The molecular formula is C27H38O5. The molecule has 32 heavy (non-hydrogen) atoms. The first-order valence-electron chi connectivity index (χ1n) is 11.0. The molecule has 0 aromatic heterocycles. The molecule has 0 fully saturated rings. The summed E-state index contributed by atoms with van der Waals surface area (Å²) in [6.07, 6.45) is 1.94. The molecule has 0 radical (unpaired) electrons. The largest absolute Gasteiger partial charge is 0.496 e. The number of ether oxygens (including phenoxy) is 5. The molecule has 0 aliphatic heterocycles. The Morgan fingerprint density at radius 1 is 0.844 bits per heavy atom. The molecule has 0 spiro atoms. The molecule has 0 amide bonds. The molecule has 0 saturated heterocycles. The maximum Gasteiger partial charge on any atom is 0.197 e. The van der Waals surface area contributed by atoms with E-state index in [4.69, 9.17) is 23.7 Å². The van der Waals surface area contributed by atoms with Gasteiger partial charge in [-0.2, -0.15) is 0 Å². The minimum atomic E-state index is -0.388. The minimum absolute atomic E-state index is 0.142. The Bertz CT molecular complexity index is 838. The van der Waals surface area contributed by atoms with Gasteiger partial charge in [0, 0.05) is 24.1 Å². The predicted octanol–water partition coefficient (Wildman–Crippen LogP) is 6.62. The number of allylic oxidation sites excluding steroid dienone is 2. The Morgan fingerprint density at radius 2 is 1.41 bits per heavy atom. The highest BCUT2D eigenvalue weighted by Gasteiger charge is 2.24. The summed E-state index contributed by atoms with van der Waals surface area (Å²) in [5.41, 5.74) is 2.74. The zero-order chi connectivity index (χ0) is 23.7. The average Bonchev–Trinajstić information content (AvgIpc) is 2.74. The second-order valence-corrected chi connectivity index (χ2v) is 9.11. The van der Waals surface area contributed by atoms with E-state index >= 15 is 0 Å².